The number of carbonyl (C=O) groups is 1. The molecule has 0 aromatic rings. The predicted molar refractivity (Wildman–Crippen MR) is 116 cm³/mol. The van der Waals surface area contributed by atoms with Gasteiger partial charge in [-0.3, -0.25) is 4.79 Å². The van der Waals surface area contributed by atoms with Crippen molar-refractivity contribution in [3.63, 3.8) is 0 Å². The molecule has 27 heavy (non-hydrogen) atoms. The van der Waals surface area contributed by atoms with Crippen LogP contribution in [0, 0.1) is 0 Å². The quantitative estimate of drug-likeness (QED) is 0.201. The van der Waals surface area contributed by atoms with Gasteiger partial charge in [0.1, 0.15) is 6.10 Å². The van der Waals surface area contributed by atoms with Gasteiger partial charge in [0.15, 0.2) is 0 Å². The number of hydrogen-bond acceptors (Lipinski definition) is 4. The number of hydrogen-bond donors (Lipinski definition) is 4. The molecule has 0 aliphatic carbocycles. The standard InChI is InChI=1S/C18H36O2.C3H8O3.Ca.2H/c1-2-3-4-5-6-7-8-9-10-11-12-13-14-15-16-17-18(19)20;4-1-3(6)2-5;;;/h2-17H2,1H3,(H,19,20);3-6H,1-2H2;;;. The van der Waals surface area contributed by atoms with Gasteiger partial charge in [0.2, 0.25) is 0 Å². The molecule has 0 aromatic carbocycles. The predicted octanol–water partition coefficient (Wildman–Crippen LogP) is 3.75. The third-order valence-electron chi connectivity index (χ3n) is 4.42. The fraction of sp³-hybridized carbons (Fsp3) is 0.952. The van der Waals surface area contributed by atoms with Gasteiger partial charge in [0, 0.05) is 6.42 Å². The summed E-state index contributed by atoms with van der Waals surface area (Å²) >= 11 is 0. The Morgan fingerprint density at radius 3 is 1.19 bits per heavy atom. The van der Waals surface area contributed by atoms with Crippen molar-refractivity contribution in [2.24, 2.45) is 0 Å². The third kappa shape index (κ3) is 34.5. The first-order chi connectivity index (χ1) is 12.6. The molecule has 162 valence electrons. The molecule has 0 rings (SSSR count). The van der Waals surface area contributed by atoms with E-state index >= 15 is 0 Å². The van der Waals surface area contributed by atoms with Crippen molar-refractivity contribution in [1.82, 2.24) is 0 Å². The van der Waals surface area contributed by atoms with Crippen LogP contribution in [-0.2, 0) is 4.79 Å². The monoisotopic (exact) mass is 418 g/mol. The second-order valence-electron chi connectivity index (χ2n) is 7.11. The van der Waals surface area contributed by atoms with Crippen molar-refractivity contribution < 1.29 is 25.2 Å². The van der Waals surface area contributed by atoms with Gasteiger partial charge in [0.05, 0.1) is 13.2 Å². The van der Waals surface area contributed by atoms with E-state index < -0.39 is 12.1 Å². The van der Waals surface area contributed by atoms with Crippen molar-refractivity contribution in [3.8, 4) is 0 Å². The van der Waals surface area contributed by atoms with Crippen molar-refractivity contribution in [3.05, 3.63) is 0 Å². The van der Waals surface area contributed by atoms with Gasteiger partial charge in [-0.1, -0.05) is 96.8 Å². The fourth-order valence-electron chi connectivity index (χ4n) is 2.71. The summed E-state index contributed by atoms with van der Waals surface area (Å²) in [7, 11) is 0. The molecule has 0 unspecified atom stereocenters. The number of aliphatic carboxylic acids is 1. The summed E-state index contributed by atoms with van der Waals surface area (Å²) in [6.07, 6.45) is 19.2. The van der Waals surface area contributed by atoms with Crippen LogP contribution in [0.4, 0.5) is 0 Å². The zero-order valence-electron chi connectivity index (χ0n) is 17.0. The molecule has 0 aliphatic heterocycles. The summed E-state index contributed by atoms with van der Waals surface area (Å²) in [5.74, 6) is -0.653. The van der Waals surface area contributed by atoms with Crippen LogP contribution in [0.1, 0.15) is 110 Å². The van der Waals surface area contributed by atoms with Gasteiger partial charge in [0.25, 0.3) is 0 Å². The molecule has 0 fully saturated rings. The third-order valence-corrected chi connectivity index (χ3v) is 4.42. The van der Waals surface area contributed by atoms with Crippen LogP contribution in [0.3, 0.4) is 0 Å². The Bertz CT molecular complexity index is 273. The fourth-order valence-corrected chi connectivity index (χ4v) is 2.71. The molecule has 0 radical (unpaired) electrons. The van der Waals surface area contributed by atoms with Crippen molar-refractivity contribution >= 4 is 43.7 Å². The number of carboxylic acid groups (broad SMARTS) is 1. The van der Waals surface area contributed by atoms with Crippen LogP contribution >= 0.6 is 0 Å². The molecule has 5 nitrogen and oxygen atoms in total. The SMILES string of the molecule is CCCCCCCCCCCCCCCCCC(=O)O.OCC(O)CO.[CaH2]. The number of unbranched alkanes of at least 4 members (excludes halogenated alkanes) is 14. The van der Waals surface area contributed by atoms with E-state index in [0.717, 1.165) is 12.8 Å². The molecular formula is C21H46CaO5. The van der Waals surface area contributed by atoms with E-state index in [4.69, 9.17) is 20.4 Å². The Hall–Kier alpha value is 0.610. The average Bonchev–Trinajstić information content (AvgIpc) is 2.64. The number of carboxylic acids is 1. The zero-order chi connectivity index (χ0) is 19.9. The van der Waals surface area contributed by atoms with Crippen LogP contribution in [-0.4, -0.2) is 83.5 Å². The first-order valence-electron chi connectivity index (χ1n) is 10.7. The molecule has 0 heterocycles. The Morgan fingerprint density at radius 2 is 0.963 bits per heavy atom. The van der Waals surface area contributed by atoms with Gasteiger partial charge in [-0.2, -0.15) is 0 Å². The van der Waals surface area contributed by atoms with Crippen LogP contribution < -0.4 is 0 Å². The van der Waals surface area contributed by atoms with Gasteiger partial charge in [-0.25, -0.2) is 0 Å². The van der Waals surface area contributed by atoms with E-state index in [1.165, 1.54) is 83.5 Å². The summed E-state index contributed by atoms with van der Waals surface area (Å²) in [5, 5.41) is 32.5. The number of rotatable bonds is 18. The summed E-state index contributed by atoms with van der Waals surface area (Å²) in [4.78, 5) is 10.3. The Balaban J connectivity index is -0.000000709. The van der Waals surface area contributed by atoms with Crippen LogP contribution in [0.25, 0.3) is 0 Å². The molecule has 6 heteroatoms. The number of aliphatic hydroxyl groups is 3. The van der Waals surface area contributed by atoms with E-state index in [1.54, 1.807) is 0 Å². The maximum atomic E-state index is 10.3. The van der Waals surface area contributed by atoms with Crippen molar-refractivity contribution in [2.45, 2.75) is 116 Å². The first kappa shape index (κ1) is 32.3. The molecule has 0 saturated carbocycles. The summed E-state index contributed by atoms with van der Waals surface area (Å²) in [6.45, 7) is 1.54. The van der Waals surface area contributed by atoms with Crippen LogP contribution in [0.2, 0.25) is 0 Å². The van der Waals surface area contributed by atoms with Gasteiger partial charge < -0.3 is 20.4 Å². The van der Waals surface area contributed by atoms with E-state index in [1.807, 2.05) is 0 Å². The molecular weight excluding hydrogens is 372 g/mol. The van der Waals surface area contributed by atoms with Crippen molar-refractivity contribution in [2.75, 3.05) is 13.2 Å². The van der Waals surface area contributed by atoms with Gasteiger partial charge in [-0.15, -0.1) is 0 Å². The number of aliphatic hydroxyl groups excluding tert-OH is 3. The second kappa shape index (κ2) is 28.8. The summed E-state index contributed by atoms with van der Waals surface area (Å²) in [5.41, 5.74) is 0. The van der Waals surface area contributed by atoms with Crippen LogP contribution in [0.15, 0.2) is 0 Å². The summed E-state index contributed by atoms with van der Waals surface area (Å²) in [6, 6.07) is 0. The van der Waals surface area contributed by atoms with Crippen LogP contribution in [0.5, 0.6) is 0 Å². The molecule has 0 amide bonds. The van der Waals surface area contributed by atoms with Crippen molar-refractivity contribution in [1.29, 1.82) is 0 Å². The van der Waals surface area contributed by atoms with E-state index in [-0.39, 0.29) is 51.0 Å². The molecule has 0 aromatic heterocycles. The maximum absolute atomic E-state index is 10.3. The second-order valence-corrected chi connectivity index (χ2v) is 7.11. The topological polar surface area (TPSA) is 98.0 Å². The normalized spacial score (nSPS) is 10.3. The molecule has 0 aliphatic rings. The Kier molecular flexibility index (Phi) is 34.5. The Labute approximate surface area is 196 Å². The Morgan fingerprint density at radius 1 is 0.667 bits per heavy atom. The summed E-state index contributed by atoms with van der Waals surface area (Å²) < 4.78 is 0. The average molecular weight is 419 g/mol. The van der Waals surface area contributed by atoms with Gasteiger partial charge >= 0.3 is 43.7 Å². The molecule has 4 N–H and O–H groups in total. The molecule has 0 spiro atoms. The first-order valence-corrected chi connectivity index (χ1v) is 10.7. The molecule has 0 bridgehead atoms. The zero-order valence-corrected chi connectivity index (χ0v) is 17.0. The molecule has 0 atom stereocenters. The molecule has 0 saturated heterocycles. The van der Waals surface area contributed by atoms with E-state index in [0.29, 0.717) is 6.42 Å². The minimum atomic E-state index is -0.954. The van der Waals surface area contributed by atoms with E-state index in [2.05, 4.69) is 6.92 Å². The van der Waals surface area contributed by atoms with E-state index in [9.17, 15) is 4.79 Å². The minimum absolute atomic E-state index is 0. The van der Waals surface area contributed by atoms with Gasteiger partial charge in [-0.05, 0) is 6.42 Å².